The second kappa shape index (κ2) is 14.2. The molecule has 6 aromatic carbocycles. The highest BCUT2D eigenvalue weighted by atomic mass is 15.3. The van der Waals surface area contributed by atoms with Gasteiger partial charge in [-0.05, 0) is 47.4 Å². The third kappa shape index (κ3) is 5.82. The third-order valence-electron chi connectivity index (χ3n) is 11.2. The van der Waals surface area contributed by atoms with Crippen molar-refractivity contribution in [3.8, 4) is 45.4 Å². The molecule has 8 nitrogen and oxygen atoms in total. The molecule has 0 spiro atoms. The van der Waals surface area contributed by atoms with Gasteiger partial charge in [0.2, 0.25) is 6.71 Å². The van der Waals surface area contributed by atoms with Crippen molar-refractivity contribution in [3.63, 3.8) is 0 Å². The van der Waals surface area contributed by atoms with Gasteiger partial charge in [0.05, 0.1) is 28.1 Å². The molecule has 0 N–H and O–H groups in total. The summed E-state index contributed by atoms with van der Waals surface area (Å²) in [6.45, 7) is -0.289. The summed E-state index contributed by atoms with van der Waals surface area (Å²) in [7, 11) is 2.00. The minimum absolute atomic E-state index is 0.289. The van der Waals surface area contributed by atoms with E-state index in [1.54, 1.807) is 12.4 Å². The Bertz CT molecular complexity index is 3280. The Kier molecular flexibility index (Phi) is 8.29. The van der Waals surface area contributed by atoms with E-state index < -0.39 is 0 Å². The van der Waals surface area contributed by atoms with Crippen LogP contribution in [0.3, 0.4) is 0 Å². The van der Waals surface area contributed by atoms with Crippen LogP contribution in [0.25, 0.3) is 78.5 Å². The molecule has 9 heteroatoms. The van der Waals surface area contributed by atoms with Crippen LogP contribution in [0.5, 0.6) is 0 Å². The van der Waals surface area contributed by atoms with Crippen LogP contribution < -0.4 is 16.4 Å². The summed E-state index contributed by atoms with van der Waals surface area (Å²) in [5.74, 6) is 1.66. The number of pyridine rings is 1. The summed E-state index contributed by atoms with van der Waals surface area (Å²) in [6, 6.07) is 61.9. The Labute approximate surface area is 340 Å². The number of para-hydroxylation sites is 2. The van der Waals surface area contributed by atoms with Gasteiger partial charge in [-0.25, -0.2) is 24.6 Å². The molecule has 0 bridgehead atoms. The number of imidazole rings is 1. The van der Waals surface area contributed by atoms with Crippen LogP contribution in [0.2, 0.25) is 0 Å². The molecule has 5 aromatic heterocycles. The number of fused-ring (bicyclic) bond motifs is 4. The second-order valence-electron chi connectivity index (χ2n) is 14.7. The predicted molar refractivity (Wildman–Crippen MR) is 239 cm³/mol. The summed E-state index contributed by atoms with van der Waals surface area (Å²) < 4.78 is 6.42. The van der Waals surface area contributed by atoms with E-state index in [0.717, 1.165) is 83.9 Å². The zero-order chi connectivity index (χ0) is 39.3. The van der Waals surface area contributed by atoms with E-state index in [9.17, 15) is 0 Å². The van der Waals surface area contributed by atoms with Crippen molar-refractivity contribution >= 4 is 56.2 Å². The molecule has 0 aliphatic carbocycles. The first-order valence-corrected chi connectivity index (χ1v) is 19.7. The molecular weight excluding hydrogens is 723 g/mol. The highest BCUT2D eigenvalue weighted by Gasteiger charge is 2.34. The molecule has 0 saturated carbocycles. The number of aromatic nitrogens is 8. The lowest BCUT2D eigenvalue weighted by Gasteiger charge is -2.20. The smallest absolute Gasteiger partial charge is 0.247 e. The van der Waals surface area contributed by atoms with Crippen LogP contribution in [-0.4, -0.2) is 45.6 Å². The van der Waals surface area contributed by atoms with Gasteiger partial charge in [0.15, 0.2) is 11.3 Å². The summed E-state index contributed by atoms with van der Waals surface area (Å²) in [5.41, 5.74) is 12.8. The number of hydrogen-bond donors (Lipinski definition) is 0. The molecule has 0 saturated heterocycles. The van der Waals surface area contributed by atoms with Gasteiger partial charge in [-0.2, -0.15) is 5.10 Å². The Morgan fingerprint density at radius 2 is 1.19 bits per heavy atom. The minimum atomic E-state index is -0.289. The van der Waals surface area contributed by atoms with Crippen LogP contribution in [0, 0.1) is 0 Å². The first kappa shape index (κ1) is 34.4. The standard InChI is InChI=1S/C50H35BN8/c1-57-49(55-48-50(57)54-31-30-53-48)36-20-15-21-37(32-36)51(38-27-28-41-40-24-11-12-25-42(40)58(43(41)33-38)44-26-13-14-29-52-44)45-46(34-16-5-2-6-17-34)56-59(39-22-9-4-10-23-39)47(45)35-18-7-3-8-19-35/h2-33H,1H3. The molecule has 0 radical (unpaired) electrons. The Hall–Kier alpha value is -7.91. The summed E-state index contributed by atoms with van der Waals surface area (Å²) in [5, 5.41) is 7.89. The van der Waals surface area contributed by atoms with Crippen molar-refractivity contribution < 1.29 is 0 Å². The van der Waals surface area contributed by atoms with Crippen molar-refractivity contribution in [1.82, 2.24) is 38.9 Å². The number of benzene rings is 6. The molecule has 11 aromatic rings. The van der Waals surface area contributed by atoms with Crippen molar-refractivity contribution in [2.75, 3.05) is 0 Å². The van der Waals surface area contributed by atoms with E-state index in [-0.39, 0.29) is 6.71 Å². The summed E-state index contributed by atoms with van der Waals surface area (Å²) in [6.07, 6.45) is 5.25. The van der Waals surface area contributed by atoms with E-state index >= 15 is 0 Å². The average molecular weight is 759 g/mol. The van der Waals surface area contributed by atoms with E-state index in [0.29, 0.717) is 5.65 Å². The van der Waals surface area contributed by atoms with Crippen LogP contribution in [-0.2, 0) is 7.05 Å². The number of hydrogen-bond acceptors (Lipinski definition) is 5. The minimum Gasteiger partial charge on any atom is -0.310 e. The summed E-state index contributed by atoms with van der Waals surface area (Å²) >= 11 is 0. The Balaban J connectivity index is 1.25. The fraction of sp³-hybridized carbons (Fsp3) is 0.0200. The number of rotatable bonds is 8. The lowest BCUT2D eigenvalue weighted by Crippen LogP contribution is -2.53. The first-order valence-electron chi connectivity index (χ1n) is 19.7. The maximum atomic E-state index is 5.55. The van der Waals surface area contributed by atoms with E-state index in [1.807, 2.05) is 36.0 Å². The molecule has 0 aliphatic rings. The summed E-state index contributed by atoms with van der Waals surface area (Å²) in [4.78, 5) is 19.0. The van der Waals surface area contributed by atoms with Crippen molar-refractivity contribution in [2.45, 2.75) is 0 Å². The van der Waals surface area contributed by atoms with Gasteiger partial charge in [-0.1, -0.05) is 150 Å². The zero-order valence-corrected chi connectivity index (χ0v) is 32.1. The second-order valence-corrected chi connectivity index (χ2v) is 14.7. The van der Waals surface area contributed by atoms with Gasteiger partial charge < -0.3 is 4.57 Å². The van der Waals surface area contributed by atoms with E-state index in [4.69, 9.17) is 15.1 Å². The Morgan fingerprint density at radius 3 is 1.97 bits per heavy atom. The lowest BCUT2D eigenvalue weighted by atomic mass is 9.35. The fourth-order valence-electron chi connectivity index (χ4n) is 8.60. The maximum Gasteiger partial charge on any atom is 0.247 e. The Morgan fingerprint density at radius 1 is 0.508 bits per heavy atom. The normalized spacial score (nSPS) is 11.5. The van der Waals surface area contributed by atoms with Gasteiger partial charge in [-0.15, -0.1) is 0 Å². The molecule has 0 fully saturated rings. The van der Waals surface area contributed by atoms with Crippen LogP contribution in [0.15, 0.2) is 195 Å². The quantitative estimate of drug-likeness (QED) is 0.145. The van der Waals surface area contributed by atoms with Gasteiger partial charge in [0.25, 0.3) is 0 Å². The molecule has 59 heavy (non-hydrogen) atoms. The molecule has 0 aliphatic heterocycles. The van der Waals surface area contributed by atoms with Gasteiger partial charge in [0.1, 0.15) is 11.6 Å². The third-order valence-corrected chi connectivity index (χ3v) is 11.2. The molecular formula is C50H35BN8. The molecule has 278 valence electrons. The number of aryl methyl sites for hydroxylation is 1. The van der Waals surface area contributed by atoms with Crippen molar-refractivity contribution in [1.29, 1.82) is 0 Å². The molecule has 0 unspecified atom stereocenters. The fourth-order valence-corrected chi connectivity index (χ4v) is 8.60. The monoisotopic (exact) mass is 758 g/mol. The van der Waals surface area contributed by atoms with Crippen LogP contribution in [0.1, 0.15) is 0 Å². The lowest BCUT2D eigenvalue weighted by molar-refractivity contribution is 0.892. The SMILES string of the molecule is Cn1c(-c2cccc(B(c3ccc4c5ccccc5n(-c5ccccn5)c4c3)c3c(-c4ccccc4)nn(-c4ccccc4)c3-c3ccccc3)c2)nc2nccnc21. The molecule has 5 heterocycles. The topological polar surface area (TPSA) is 79.2 Å². The first-order chi connectivity index (χ1) is 29.2. The highest BCUT2D eigenvalue weighted by Crippen LogP contribution is 2.33. The molecule has 11 rings (SSSR count). The van der Waals surface area contributed by atoms with Crippen LogP contribution in [0.4, 0.5) is 0 Å². The van der Waals surface area contributed by atoms with Crippen LogP contribution >= 0.6 is 0 Å². The zero-order valence-electron chi connectivity index (χ0n) is 32.1. The van der Waals surface area contributed by atoms with Gasteiger partial charge >= 0.3 is 0 Å². The highest BCUT2D eigenvalue weighted by molar-refractivity contribution is 6.97. The molecule has 0 amide bonds. The van der Waals surface area contributed by atoms with Crippen molar-refractivity contribution in [2.24, 2.45) is 7.05 Å². The number of nitrogens with zero attached hydrogens (tertiary/aromatic N) is 8. The van der Waals surface area contributed by atoms with E-state index in [1.165, 1.54) is 5.39 Å². The largest absolute Gasteiger partial charge is 0.310 e. The van der Waals surface area contributed by atoms with Crippen molar-refractivity contribution in [3.05, 3.63) is 195 Å². The average Bonchev–Trinajstić information content (AvgIpc) is 3.97. The predicted octanol–water partition coefficient (Wildman–Crippen LogP) is 8.56. The van der Waals surface area contributed by atoms with Gasteiger partial charge in [-0.3, -0.25) is 4.57 Å². The van der Waals surface area contributed by atoms with E-state index in [2.05, 4.69) is 177 Å². The molecule has 0 atom stereocenters. The van der Waals surface area contributed by atoms with Gasteiger partial charge in [0, 0.05) is 47.5 Å². The maximum absolute atomic E-state index is 5.55.